The van der Waals surface area contributed by atoms with Crippen LogP contribution in [0.3, 0.4) is 0 Å². The van der Waals surface area contributed by atoms with Crippen LogP contribution in [0.4, 0.5) is 0 Å². The molecule has 0 aliphatic heterocycles. The predicted molar refractivity (Wildman–Crippen MR) is 74.2 cm³/mol. The molecule has 1 aromatic carbocycles. The first-order valence-corrected chi connectivity index (χ1v) is 5.83. The number of hydrogen-bond acceptors (Lipinski definition) is 4. The van der Waals surface area contributed by atoms with Gasteiger partial charge in [-0.1, -0.05) is 24.8 Å². The van der Waals surface area contributed by atoms with Crippen molar-refractivity contribution in [3.05, 3.63) is 42.5 Å². The first kappa shape index (κ1) is 14.8. The molecule has 1 aromatic rings. The number of carboxylic acids is 1. The Kier molecular flexibility index (Phi) is 6.22. The van der Waals surface area contributed by atoms with E-state index in [1.165, 1.54) is 0 Å². The van der Waals surface area contributed by atoms with E-state index in [2.05, 4.69) is 6.58 Å². The van der Waals surface area contributed by atoms with Crippen LogP contribution in [0.5, 0.6) is 5.75 Å². The Morgan fingerprint density at radius 2 is 2.16 bits per heavy atom. The summed E-state index contributed by atoms with van der Waals surface area (Å²) in [4.78, 5) is 11.0. The maximum absolute atomic E-state index is 11.0. The Bertz CT molecular complexity index is 433. The number of nitrogens with one attached hydrogen (secondary N) is 1. The standard InChI is InChI=1S/C13H16BNO4/c1-2-7-18-11-5-3-10(4-6-11)8-12(13(16)17)14-19-9-15/h2-6,9,12,14-15H,1,7-8H2,(H,16,17)/t12-/m0/s1. The molecule has 0 amide bonds. The summed E-state index contributed by atoms with van der Waals surface area (Å²) in [5, 5.41) is 15.8. The van der Waals surface area contributed by atoms with E-state index < -0.39 is 11.8 Å². The average Bonchev–Trinajstić information content (AvgIpc) is 2.42. The van der Waals surface area contributed by atoms with E-state index in [9.17, 15) is 4.79 Å². The Balaban J connectivity index is 2.61. The molecule has 0 saturated heterocycles. The molecule has 0 aromatic heterocycles. The zero-order valence-electron chi connectivity index (χ0n) is 10.5. The average molecular weight is 261 g/mol. The Labute approximate surface area is 112 Å². The van der Waals surface area contributed by atoms with Gasteiger partial charge in [0.1, 0.15) is 18.8 Å². The van der Waals surface area contributed by atoms with E-state index in [1.54, 1.807) is 18.2 Å². The lowest BCUT2D eigenvalue weighted by molar-refractivity contribution is -0.137. The molecule has 1 atom stereocenters. The van der Waals surface area contributed by atoms with Gasteiger partial charge in [0.2, 0.25) is 0 Å². The minimum absolute atomic E-state index is 0.00640. The fourth-order valence-corrected chi connectivity index (χ4v) is 1.54. The lowest BCUT2D eigenvalue weighted by Crippen LogP contribution is -2.19. The van der Waals surface area contributed by atoms with Crippen LogP contribution in [0.2, 0.25) is 5.82 Å². The highest BCUT2D eigenvalue weighted by Gasteiger charge is 2.21. The Morgan fingerprint density at radius 3 is 2.68 bits per heavy atom. The molecule has 100 valence electrons. The van der Waals surface area contributed by atoms with E-state index >= 15 is 0 Å². The molecule has 6 heteroatoms. The van der Waals surface area contributed by atoms with Gasteiger partial charge in [-0.3, -0.25) is 10.2 Å². The molecule has 1 rings (SSSR count). The summed E-state index contributed by atoms with van der Waals surface area (Å²) in [5.41, 5.74) is 0.881. The third-order valence-corrected chi connectivity index (χ3v) is 2.50. The van der Waals surface area contributed by atoms with E-state index in [1.807, 2.05) is 12.1 Å². The summed E-state index contributed by atoms with van der Waals surface area (Å²) in [6, 6.07) is 7.21. The topological polar surface area (TPSA) is 79.6 Å². The molecule has 0 bridgehead atoms. The molecular formula is C13H16BNO4. The highest BCUT2D eigenvalue weighted by atomic mass is 16.5. The molecule has 0 aliphatic carbocycles. The van der Waals surface area contributed by atoms with Gasteiger partial charge >= 0.3 is 13.5 Å². The van der Waals surface area contributed by atoms with Crippen molar-refractivity contribution in [1.29, 1.82) is 5.41 Å². The Morgan fingerprint density at radius 1 is 1.47 bits per heavy atom. The van der Waals surface area contributed by atoms with Crippen LogP contribution in [0, 0.1) is 5.41 Å². The molecule has 2 N–H and O–H groups in total. The van der Waals surface area contributed by atoms with E-state index in [4.69, 9.17) is 19.9 Å². The number of carbonyl (C=O) groups is 1. The molecule has 5 nitrogen and oxygen atoms in total. The Hall–Kier alpha value is -2.24. The summed E-state index contributed by atoms with van der Waals surface area (Å²) in [5.74, 6) is -0.887. The summed E-state index contributed by atoms with van der Waals surface area (Å²) in [7, 11) is -0.00640. The van der Waals surface area contributed by atoms with Crippen LogP contribution in [-0.2, 0) is 15.9 Å². The second-order valence-electron chi connectivity index (χ2n) is 3.93. The van der Waals surface area contributed by atoms with Gasteiger partial charge in [0.05, 0.1) is 5.82 Å². The largest absolute Gasteiger partial charge is 0.556 e. The SMILES string of the molecule is C=CCOc1ccc(C[C@H](BOC=N)C(=O)O)cc1. The maximum atomic E-state index is 11.0. The molecule has 0 heterocycles. The van der Waals surface area contributed by atoms with Gasteiger partial charge in [-0.15, -0.1) is 0 Å². The summed E-state index contributed by atoms with van der Waals surface area (Å²) >= 11 is 0. The first-order chi connectivity index (χ1) is 9.17. The van der Waals surface area contributed by atoms with E-state index in [0.29, 0.717) is 18.8 Å². The van der Waals surface area contributed by atoms with Crippen molar-refractivity contribution in [3.8, 4) is 5.75 Å². The first-order valence-electron chi connectivity index (χ1n) is 5.83. The third kappa shape index (κ3) is 5.29. The number of aliphatic carboxylic acids is 1. The molecule has 0 aliphatic rings. The van der Waals surface area contributed by atoms with Crippen molar-refractivity contribution < 1.29 is 19.3 Å². The van der Waals surface area contributed by atoms with Gasteiger partial charge in [0, 0.05) is 0 Å². The van der Waals surface area contributed by atoms with Crippen molar-refractivity contribution in [3.63, 3.8) is 0 Å². The third-order valence-electron chi connectivity index (χ3n) is 2.50. The fourth-order valence-electron chi connectivity index (χ4n) is 1.54. The van der Waals surface area contributed by atoms with Crippen LogP contribution >= 0.6 is 0 Å². The quantitative estimate of drug-likeness (QED) is 0.306. The molecular weight excluding hydrogens is 245 g/mol. The summed E-state index contributed by atoms with van der Waals surface area (Å²) in [6.07, 6.45) is 2.76. The number of hydrogen-bond donors (Lipinski definition) is 2. The second-order valence-corrected chi connectivity index (χ2v) is 3.93. The lowest BCUT2D eigenvalue weighted by Gasteiger charge is -2.10. The lowest BCUT2D eigenvalue weighted by atomic mass is 9.76. The van der Waals surface area contributed by atoms with Gasteiger partial charge in [-0.05, 0) is 24.1 Å². The number of benzene rings is 1. The van der Waals surface area contributed by atoms with Crippen molar-refractivity contribution in [2.24, 2.45) is 0 Å². The molecule has 0 spiro atoms. The predicted octanol–water partition coefficient (Wildman–Crippen LogP) is 1.64. The van der Waals surface area contributed by atoms with Crippen molar-refractivity contribution in [2.45, 2.75) is 12.2 Å². The highest BCUT2D eigenvalue weighted by molar-refractivity contribution is 6.38. The number of rotatable bonds is 9. The minimum atomic E-state index is -0.936. The molecule has 0 saturated carbocycles. The highest BCUT2D eigenvalue weighted by Crippen LogP contribution is 2.17. The normalized spacial score (nSPS) is 11.2. The smallest absolute Gasteiger partial charge is 0.355 e. The molecule has 0 fully saturated rings. The molecule has 19 heavy (non-hydrogen) atoms. The van der Waals surface area contributed by atoms with Gasteiger partial charge in [-0.25, -0.2) is 0 Å². The van der Waals surface area contributed by atoms with Crippen LogP contribution in [0.1, 0.15) is 5.56 Å². The fraction of sp³-hybridized carbons (Fsp3) is 0.231. The van der Waals surface area contributed by atoms with Crippen molar-refractivity contribution in [2.75, 3.05) is 6.61 Å². The van der Waals surface area contributed by atoms with Gasteiger partial charge < -0.3 is 14.5 Å². The van der Waals surface area contributed by atoms with Gasteiger partial charge in [0.15, 0.2) is 0 Å². The van der Waals surface area contributed by atoms with Crippen LogP contribution in [0.25, 0.3) is 0 Å². The van der Waals surface area contributed by atoms with Gasteiger partial charge in [0.25, 0.3) is 0 Å². The van der Waals surface area contributed by atoms with Crippen LogP contribution in [-0.4, -0.2) is 31.6 Å². The minimum Gasteiger partial charge on any atom is -0.556 e. The number of carboxylic acid groups (broad SMARTS) is 1. The van der Waals surface area contributed by atoms with Crippen molar-refractivity contribution >= 4 is 19.9 Å². The molecule has 0 unspecified atom stereocenters. The van der Waals surface area contributed by atoms with E-state index in [0.717, 1.165) is 12.0 Å². The summed E-state index contributed by atoms with van der Waals surface area (Å²) < 4.78 is 10.1. The van der Waals surface area contributed by atoms with E-state index in [-0.39, 0.29) is 7.48 Å². The molecule has 0 radical (unpaired) electrons. The zero-order valence-corrected chi connectivity index (χ0v) is 10.5. The number of ether oxygens (including phenoxy) is 1. The van der Waals surface area contributed by atoms with Crippen molar-refractivity contribution in [1.82, 2.24) is 0 Å². The monoisotopic (exact) mass is 261 g/mol. The maximum Gasteiger partial charge on any atom is 0.355 e. The summed E-state index contributed by atoms with van der Waals surface area (Å²) in [6.45, 7) is 3.99. The second kappa shape index (κ2) is 7.97. The zero-order chi connectivity index (χ0) is 14.1. The van der Waals surface area contributed by atoms with Crippen LogP contribution in [0.15, 0.2) is 36.9 Å². The van der Waals surface area contributed by atoms with Crippen LogP contribution < -0.4 is 4.74 Å². The van der Waals surface area contributed by atoms with Gasteiger partial charge in [-0.2, -0.15) is 0 Å².